The number of Topliss-reactive ketones (excluding diaryl/α,β-unsaturated/α-hetero) is 2. The van der Waals surface area contributed by atoms with E-state index >= 15 is 0 Å². The molecule has 4 rings (SSSR count). The molecule has 1 aliphatic heterocycles. The van der Waals surface area contributed by atoms with Crippen LogP contribution in [0.15, 0.2) is 47.4 Å². The standard InChI is InChI=1S/C25H22ClNO6/c1-11-21(30)19(13(3)28)23-20(22(11)31)25(4)17(33-23)9-16(29)18(24(25)32)12(2)27-10-14-5-7-15(26)8-6-14/h5-9,27,30-31H,10H2,1-4H3/b18-12+/t25-/m1/s1. The Morgan fingerprint density at radius 2 is 1.76 bits per heavy atom. The van der Waals surface area contributed by atoms with Crippen LogP contribution in [-0.2, 0) is 21.5 Å². The second-order valence-corrected chi connectivity index (χ2v) is 8.80. The number of allylic oxidation sites excluding steroid dienone is 4. The summed E-state index contributed by atoms with van der Waals surface area (Å²) in [5.41, 5.74) is -0.350. The van der Waals surface area contributed by atoms with Crippen LogP contribution in [-0.4, -0.2) is 27.6 Å². The molecule has 0 saturated carbocycles. The summed E-state index contributed by atoms with van der Waals surface area (Å²) in [6.45, 7) is 6.21. The molecule has 0 fully saturated rings. The predicted octanol–water partition coefficient (Wildman–Crippen LogP) is 4.01. The van der Waals surface area contributed by atoms with Crippen molar-refractivity contribution in [3.63, 3.8) is 0 Å². The van der Waals surface area contributed by atoms with Crippen LogP contribution >= 0.6 is 11.6 Å². The molecule has 1 aliphatic carbocycles. The second-order valence-electron chi connectivity index (χ2n) is 8.37. The molecule has 0 radical (unpaired) electrons. The number of fused-ring (bicyclic) bond motifs is 3. The van der Waals surface area contributed by atoms with Gasteiger partial charge in [-0.2, -0.15) is 0 Å². The van der Waals surface area contributed by atoms with Gasteiger partial charge < -0.3 is 20.3 Å². The zero-order valence-electron chi connectivity index (χ0n) is 18.5. The van der Waals surface area contributed by atoms with E-state index in [2.05, 4.69) is 5.32 Å². The lowest BCUT2D eigenvalue weighted by Crippen LogP contribution is -2.41. The van der Waals surface area contributed by atoms with Gasteiger partial charge in [0, 0.05) is 28.9 Å². The number of ketones is 3. The zero-order chi connectivity index (χ0) is 24.2. The lowest BCUT2D eigenvalue weighted by molar-refractivity contribution is -0.123. The summed E-state index contributed by atoms with van der Waals surface area (Å²) in [7, 11) is 0. The minimum atomic E-state index is -1.53. The van der Waals surface area contributed by atoms with E-state index in [4.69, 9.17) is 16.3 Å². The molecule has 3 N–H and O–H groups in total. The summed E-state index contributed by atoms with van der Waals surface area (Å²) in [4.78, 5) is 38.9. The number of rotatable bonds is 4. The van der Waals surface area contributed by atoms with E-state index in [1.807, 2.05) is 12.1 Å². The van der Waals surface area contributed by atoms with E-state index in [9.17, 15) is 24.6 Å². The van der Waals surface area contributed by atoms with Crippen molar-refractivity contribution >= 4 is 29.0 Å². The molecule has 2 aromatic rings. The van der Waals surface area contributed by atoms with Gasteiger partial charge in [-0.25, -0.2) is 0 Å². The Balaban J connectivity index is 1.82. The smallest absolute Gasteiger partial charge is 0.194 e. The summed E-state index contributed by atoms with van der Waals surface area (Å²) >= 11 is 5.91. The first-order valence-corrected chi connectivity index (χ1v) is 10.6. The van der Waals surface area contributed by atoms with Crippen LogP contribution < -0.4 is 10.1 Å². The van der Waals surface area contributed by atoms with Crippen molar-refractivity contribution in [3.8, 4) is 17.2 Å². The average molecular weight is 468 g/mol. The van der Waals surface area contributed by atoms with Crippen molar-refractivity contribution in [3.05, 3.63) is 74.6 Å². The summed E-state index contributed by atoms with van der Waals surface area (Å²) in [6.07, 6.45) is 1.19. The maximum atomic E-state index is 13.7. The minimum Gasteiger partial charge on any atom is -0.507 e. The van der Waals surface area contributed by atoms with Gasteiger partial charge in [-0.1, -0.05) is 23.7 Å². The molecular formula is C25H22ClNO6. The van der Waals surface area contributed by atoms with Gasteiger partial charge in [0.25, 0.3) is 0 Å². The number of carbonyl (C=O) groups is 3. The van der Waals surface area contributed by atoms with Crippen LogP contribution in [0, 0.1) is 6.92 Å². The number of benzene rings is 2. The summed E-state index contributed by atoms with van der Waals surface area (Å²) in [6, 6.07) is 7.14. The third kappa shape index (κ3) is 3.31. The largest absolute Gasteiger partial charge is 0.507 e. The van der Waals surface area contributed by atoms with Crippen LogP contribution in [0.3, 0.4) is 0 Å². The number of halogens is 1. The highest BCUT2D eigenvalue weighted by molar-refractivity contribution is 6.31. The van der Waals surface area contributed by atoms with E-state index in [1.54, 1.807) is 19.1 Å². The first kappa shape index (κ1) is 22.6. The fourth-order valence-electron chi connectivity index (χ4n) is 4.29. The van der Waals surface area contributed by atoms with E-state index in [0.717, 1.165) is 5.56 Å². The van der Waals surface area contributed by atoms with Crippen molar-refractivity contribution in [1.82, 2.24) is 5.32 Å². The predicted molar refractivity (Wildman–Crippen MR) is 122 cm³/mol. The van der Waals surface area contributed by atoms with Crippen molar-refractivity contribution in [1.29, 1.82) is 0 Å². The van der Waals surface area contributed by atoms with Crippen molar-refractivity contribution in [2.24, 2.45) is 0 Å². The Hall–Kier alpha value is -3.58. The highest BCUT2D eigenvalue weighted by Gasteiger charge is 2.56. The first-order valence-electron chi connectivity index (χ1n) is 10.3. The van der Waals surface area contributed by atoms with Gasteiger partial charge in [0.15, 0.2) is 17.3 Å². The number of hydrogen-bond donors (Lipinski definition) is 3. The van der Waals surface area contributed by atoms with Gasteiger partial charge in [0.1, 0.15) is 34.0 Å². The number of nitrogens with one attached hydrogen (secondary N) is 1. The first-order chi connectivity index (χ1) is 15.5. The van der Waals surface area contributed by atoms with Crippen LogP contribution in [0.1, 0.15) is 47.8 Å². The van der Waals surface area contributed by atoms with Gasteiger partial charge in [-0.15, -0.1) is 0 Å². The topological polar surface area (TPSA) is 113 Å². The van der Waals surface area contributed by atoms with Crippen LogP contribution in [0.25, 0.3) is 0 Å². The molecule has 8 heteroatoms. The number of phenolic OH excluding ortho intramolecular Hbond substituents is 2. The molecule has 2 aromatic carbocycles. The van der Waals surface area contributed by atoms with E-state index in [-0.39, 0.29) is 39.5 Å². The van der Waals surface area contributed by atoms with Crippen molar-refractivity contribution in [2.75, 3.05) is 0 Å². The molecule has 0 amide bonds. The van der Waals surface area contributed by atoms with E-state index < -0.39 is 28.5 Å². The number of ether oxygens (including phenoxy) is 1. The fraction of sp³-hybridized carbons (Fsp3) is 0.240. The monoisotopic (exact) mass is 467 g/mol. The minimum absolute atomic E-state index is 0.00421. The van der Waals surface area contributed by atoms with Gasteiger partial charge in [0.05, 0.1) is 11.1 Å². The van der Waals surface area contributed by atoms with Gasteiger partial charge in [-0.05, 0) is 45.4 Å². The molecule has 0 aromatic heterocycles. The fourth-order valence-corrected chi connectivity index (χ4v) is 4.41. The molecule has 0 bridgehead atoms. The Kier molecular flexibility index (Phi) is 5.33. The molecule has 33 heavy (non-hydrogen) atoms. The van der Waals surface area contributed by atoms with Crippen LogP contribution in [0.5, 0.6) is 17.2 Å². The van der Waals surface area contributed by atoms with Gasteiger partial charge >= 0.3 is 0 Å². The van der Waals surface area contributed by atoms with Crippen LogP contribution in [0.4, 0.5) is 0 Å². The third-order valence-electron chi connectivity index (χ3n) is 6.23. The maximum absolute atomic E-state index is 13.7. The highest BCUT2D eigenvalue weighted by atomic mass is 35.5. The molecule has 0 unspecified atom stereocenters. The molecule has 0 spiro atoms. The van der Waals surface area contributed by atoms with Crippen molar-refractivity contribution < 1.29 is 29.3 Å². The quantitative estimate of drug-likeness (QED) is 0.353. The number of hydrogen-bond acceptors (Lipinski definition) is 7. The lowest BCUT2D eigenvalue weighted by atomic mass is 9.70. The summed E-state index contributed by atoms with van der Waals surface area (Å²) in [5, 5.41) is 25.0. The highest BCUT2D eigenvalue weighted by Crippen LogP contribution is 2.57. The summed E-state index contributed by atoms with van der Waals surface area (Å²) < 4.78 is 5.76. The van der Waals surface area contributed by atoms with Crippen molar-refractivity contribution in [2.45, 2.75) is 39.7 Å². The number of carbonyl (C=O) groups excluding carboxylic acids is 3. The summed E-state index contributed by atoms with van der Waals surface area (Å²) in [5.74, 6) is -2.49. The molecular weight excluding hydrogens is 446 g/mol. The molecule has 1 heterocycles. The third-order valence-corrected chi connectivity index (χ3v) is 6.48. The molecule has 170 valence electrons. The molecule has 2 aliphatic rings. The molecule has 0 saturated heterocycles. The van der Waals surface area contributed by atoms with E-state index in [1.165, 1.54) is 26.8 Å². The Morgan fingerprint density at radius 3 is 2.36 bits per heavy atom. The van der Waals surface area contributed by atoms with Gasteiger partial charge in [-0.3, -0.25) is 14.4 Å². The Bertz CT molecular complexity index is 1310. The number of aromatic hydroxyl groups is 2. The van der Waals surface area contributed by atoms with Gasteiger partial charge in [0.2, 0.25) is 0 Å². The lowest BCUT2D eigenvalue weighted by Gasteiger charge is -2.29. The maximum Gasteiger partial charge on any atom is 0.194 e. The van der Waals surface area contributed by atoms with Crippen LogP contribution in [0.2, 0.25) is 5.02 Å². The Morgan fingerprint density at radius 1 is 1.12 bits per heavy atom. The normalized spacial score (nSPS) is 20.6. The molecule has 7 nitrogen and oxygen atoms in total. The molecule has 1 atom stereocenters. The Labute approximate surface area is 195 Å². The zero-order valence-corrected chi connectivity index (χ0v) is 19.3. The van der Waals surface area contributed by atoms with E-state index in [0.29, 0.717) is 17.3 Å². The number of phenols is 2. The second kappa shape index (κ2) is 7.78. The SMILES string of the molecule is CC(=O)c1c(O)c(C)c(O)c2c1OC1=CC(=O)/C(=C(/C)NCc3ccc(Cl)cc3)C(=O)[C@]12C. The average Bonchev–Trinajstić information content (AvgIpc) is 3.04.